The number of aromatic nitrogens is 6. The van der Waals surface area contributed by atoms with E-state index in [4.69, 9.17) is 4.74 Å². The van der Waals surface area contributed by atoms with E-state index in [0.717, 1.165) is 46.9 Å². The average molecular weight is 433 g/mol. The lowest BCUT2D eigenvalue weighted by atomic mass is 10.0. The molecule has 0 aromatic carbocycles. The van der Waals surface area contributed by atoms with E-state index in [-0.39, 0.29) is 0 Å². The molecule has 1 N–H and O–H groups in total. The minimum atomic E-state index is 0.492. The van der Waals surface area contributed by atoms with Crippen molar-refractivity contribution >= 4 is 17.3 Å². The summed E-state index contributed by atoms with van der Waals surface area (Å²) in [5, 5.41) is 12.2. The van der Waals surface area contributed by atoms with Gasteiger partial charge in [-0.2, -0.15) is 10.2 Å². The van der Waals surface area contributed by atoms with Gasteiger partial charge in [0.1, 0.15) is 12.3 Å². The Morgan fingerprint density at radius 3 is 2.84 bits per heavy atom. The van der Waals surface area contributed by atoms with Crippen LogP contribution in [-0.2, 0) is 7.05 Å². The number of rotatable bonds is 7. The normalized spacial score (nSPS) is 16.3. The molecule has 9 nitrogen and oxygen atoms in total. The summed E-state index contributed by atoms with van der Waals surface area (Å²) in [4.78, 5) is 11.2. The quantitative estimate of drug-likeness (QED) is 0.479. The van der Waals surface area contributed by atoms with Crippen molar-refractivity contribution < 1.29 is 4.74 Å². The first-order chi connectivity index (χ1) is 15.5. The third-order valence-electron chi connectivity index (χ3n) is 6.21. The minimum Gasteiger partial charge on any atom is -0.488 e. The Balaban J connectivity index is 1.38. The number of anilines is 2. The van der Waals surface area contributed by atoms with Crippen molar-refractivity contribution in [2.45, 2.75) is 33.2 Å². The van der Waals surface area contributed by atoms with Crippen LogP contribution in [-0.4, -0.2) is 60.0 Å². The van der Waals surface area contributed by atoms with Crippen molar-refractivity contribution in [2.24, 2.45) is 7.05 Å². The largest absolute Gasteiger partial charge is 0.488 e. The predicted molar refractivity (Wildman–Crippen MR) is 123 cm³/mol. The van der Waals surface area contributed by atoms with Gasteiger partial charge in [0, 0.05) is 49.4 Å². The number of aryl methyl sites for hydroxylation is 3. The zero-order valence-corrected chi connectivity index (χ0v) is 18.9. The monoisotopic (exact) mass is 432 g/mol. The summed E-state index contributed by atoms with van der Waals surface area (Å²) in [6, 6.07) is 6.59. The van der Waals surface area contributed by atoms with Gasteiger partial charge >= 0.3 is 0 Å². The first-order valence-electron chi connectivity index (χ1n) is 11.0. The van der Waals surface area contributed by atoms with E-state index in [2.05, 4.69) is 43.4 Å². The van der Waals surface area contributed by atoms with E-state index >= 15 is 0 Å². The van der Waals surface area contributed by atoms with Crippen molar-refractivity contribution in [2.75, 3.05) is 25.0 Å². The van der Waals surface area contributed by atoms with Crippen LogP contribution >= 0.6 is 0 Å². The molecule has 0 amide bonds. The van der Waals surface area contributed by atoms with Gasteiger partial charge in [0.15, 0.2) is 11.6 Å². The van der Waals surface area contributed by atoms with E-state index in [9.17, 15) is 0 Å². The van der Waals surface area contributed by atoms with E-state index < -0.39 is 0 Å². The van der Waals surface area contributed by atoms with Crippen molar-refractivity contribution in [3.8, 4) is 17.0 Å². The molecule has 5 rings (SSSR count). The number of nitrogens with one attached hydrogen (secondary N) is 1. The average Bonchev–Trinajstić information content (AvgIpc) is 3.32. The molecule has 1 aliphatic heterocycles. The number of hydrogen-bond donors (Lipinski definition) is 1. The molecular weight excluding hydrogens is 404 g/mol. The third-order valence-corrected chi connectivity index (χ3v) is 6.21. The molecule has 4 aromatic heterocycles. The van der Waals surface area contributed by atoms with Crippen molar-refractivity contribution in [3.05, 3.63) is 48.0 Å². The Kier molecular flexibility index (Phi) is 5.26. The summed E-state index contributed by atoms with van der Waals surface area (Å²) in [5.41, 5.74) is 4.95. The molecule has 166 valence electrons. The highest BCUT2D eigenvalue weighted by Gasteiger charge is 2.27. The SMILES string of the molecule is CCN1CCC1COc1cnn(C)c1-c1ccn2nc(Nc3ncc(C)c(C)n3)cc2c1. The zero-order valence-electron chi connectivity index (χ0n) is 18.9. The van der Waals surface area contributed by atoms with Crippen LogP contribution in [0.1, 0.15) is 24.6 Å². The lowest BCUT2D eigenvalue weighted by Crippen LogP contribution is -2.50. The van der Waals surface area contributed by atoms with Gasteiger partial charge in [-0.1, -0.05) is 6.92 Å². The van der Waals surface area contributed by atoms with Crippen LogP contribution in [0.5, 0.6) is 5.75 Å². The van der Waals surface area contributed by atoms with Crippen LogP contribution in [0.15, 0.2) is 36.8 Å². The number of ether oxygens (including phenoxy) is 1. The van der Waals surface area contributed by atoms with Gasteiger partial charge in [-0.3, -0.25) is 9.58 Å². The van der Waals surface area contributed by atoms with Gasteiger partial charge in [-0.15, -0.1) is 0 Å². The standard InChI is InChI=1S/C23H28N8O/c1-5-30-8-7-18(30)14-32-20-13-25-29(4)22(20)17-6-9-31-19(10-17)11-21(28-31)27-23-24-12-15(2)16(3)26-23/h6,9-13,18H,5,7-8,14H2,1-4H3,(H,24,26,27,28). The molecule has 32 heavy (non-hydrogen) atoms. The zero-order chi connectivity index (χ0) is 22.2. The highest BCUT2D eigenvalue weighted by Crippen LogP contribution is 2.31. The number of likely N-dealkylation sites (N-methyl/N-ethyl adjacent to an activating group) is 1. The number of pyridine rings is 1. The molecule has 0 spiro atoms. The van der Waals surface area contributed by atoms with E-state index in [0.29, 0.717) is 24.4 Å². The maximum Gasteiger partial charge on any atom is 0.228 e. The lowest BCUT2D eigenvalue weighted by molar-refractivity contribution is 0.0563. The summed E-state index contributed by atoms with van der Waals surface area (Å²) < 4.78 is 9.88. The summed E-state index contributed by atoms with van der Waals surface area (Å²) in [5.74, 6) is 2.04. The van der Waals surface area contributed by atoms with Gasteiger partial charge in [-0.25, -0.2) is 14.5 Å². The van der Waals surface area contributed by atoms with Crippen molar-refractivity contribution in [1.29, 1.82) is 0 Å². The fourth-order valence-corrected chi connectivity index (χ4v) is 4.04. The number of fused-ring (bicyclic) bond motifs is 1. The molecule has 1 unspecified atom stereocenters. The Morgan fingerprint density at radius 1 is 1.22 bits per heavy atom. The van der Waals surface area contributed by atoms with Crippen LogP contribution in [0.2, 0.25) is 0 Å². The molecule has 9 heteroatoms. The molecule has 0 saturated carbocycles. The van der Waals surface area contributed by atoms with Crippen LogP contribution in [0, 0.1) is 13.8 Å². The van der Waals surface area contributed by atoms with Crippen LogP contribution < -0.4 is 10.1 Å². The first-order valence-corrected chi connectivity index (χ1v) is 11.0. The topological polar surface area (TPSA) is 85.4 Å². The van der Waals surface area contributed by atoms with Crippen LogP contribution in [0.4, 0.5) is 11.8 Å². The molecule has 1 fully saturated rings. The summed E-state index contributed by atoms with van der Waals surface area (Å²) in [6.07, 6.45) is 6.74. The highest BCUT2D eigenvalue weighted by molar-refractivity contribution is 5.72. The molecule has 1 aliphatic rings. The maximum absolute atomic E-state index is 6.19. The molecule has 0 radical (unpaired) electrons. The highest BCUT2D eigenvalue weighted by atomic mass is 16.5. The Bertz CT molecular complexity index is 1260. The second-order valence-electron chi connectivity index (χ2n) is 8.26. The fourth-order valence-electron chi connectivity index (χ4n) is 4.04. The number of nitrogens with zero attached hydrogens (tertiary/aromatic N) is 7. The molecule has 1 saturated heterocycles. The Morgan fingerprint density at radius 2 is 2.09 bits per heavy atom. The summed E-state index contributed by atoms with van der Waals surface area (Å²) >= 11 is 0. The fraction of sp³-hybridized carbons (Fsp3) is 0.391. The van der Waals surface area contributed by atoms with E-state index in [1.54, 1.807) is 6.20 Å². The van der Waals surface area contributed by atoms with Gasteiger partial charge in [0.2, 0.25) is 5.95 Å². The summed E-state index contributed by atoms with van der Waals surface area (Å²) in [7, 11) is 1.94. The molecular formula is C23H28N8O. The lowest BCUT2D eigenvalue weighted by Gasteiger charge is -2.39. The smallest absolute Gasteiger partial charge is 0.228 e. The second-order valence-corrected chi connectivity index (χ2v) is 8.26. The minimum absolute atomic E-state index is 0.492. The molecule has 0 bridgehead atoms. The number of likely N-dealkylation sites (tertiary alicyclic amines) is 1. The van der Waals surface area contributed by atoms with Gasteiger partial charge in [0.05, 0.1) is 11.7 Å². The number of hydrogen-bond acceptors (Lipinski definition) is 7. The maximum atomic E-state index is 6.19. The van der Waals surface area contributed by atoms with Gasteiger partial charge in [-0.05, 0) is 44.5 Å². The van der Waals surface area contributed by atoms with E-state index in [1.165, 1.54) is 6.42 Å². The molecule has 0 aliphatic carbocycles. The Hall–Kier alpha value is -3.46. The third kappa shape index (κ3) is 3.80. The Labute approximate surface area is 187 Å². The molecule has 5 heterocycles. The summed E-state index contributed by atoms with van der Waals surface area (Å²) in [6.45, 7) is 9.06. The molecule has 1 atom stereocenters. The van der Waals surface area contributed by atoms with Gasteiger partial charge in [0.25, 0.3) is 0 Å². The van der Waals surface area contributed by atoms with Crippen molar-refractivity contribution in [1.82, 2.24) is 34.3 Å². The van der Waals surface area contributed by atoms with Gasteiger partial charge < -0.3 is 10.1 Å². The van der Waals surface area contributed by atoms with Crippen LogP contribution in [0.25, 0.3) is 16.8 Å². The molecule has 4 aromatic rings. The van der Waals surface area contributed by atoms with E-state index in [1.807, 2.05) is 54.6 Å². The first kappa shape index (κ1) is 20.4. The second kappa shape index (κ2) is 8.23. The van der Waals surface area contributed by atoms with Crippen molar-refractivity contribution in [3.63, 3.8) is 0 Å². The predicted octanol–water partition coefficient (Wildman–Crippen LogP) is 3.36. The van der Waals surface area contributed by atoms with Crippen LogP contribution in [0.3, 0.4) is 0 Å².